The van der Waals surface area contributed by atoms with Crippen LogP contribution in [0.15, 0.2) is 53.5 Å². The molecule has 0 saturated carbocycles. The molecular weight excluding hydrogens is 437 g/mol. The van der Waals surface area contributed by atoms with E-state index < -0.39 is 0 Å². The van der Waals surface area contributed by atoms with E-state index in [0.29, 0.717) is 12.5 Å². The summed E-state index contributed by atoms with van der Waals surface area (Å²) in [6.45, 7) is 6.42. The van der Waals surface area contributed by atoms with Crippen LogP contribution in [-0.4, -0.2) is 25.7 Å². The van der Waals surface area contributed by atoms with Crippen LogP contribution in [0.1, 0.15) is 29.5 Å². The second-order valence-corrected chi connectivity index (χ2v) is 6.88. The van der Waals surface area contributed by atoms with E-state index >= 15 is 0 Å². The van der Waals surface area contributed by atoms with Gasteiger partial charge in [0.25, 0.3) is 0 Å². The minimum Gasteiger partial charge on any atom is -0.381 e. The van der Waals surface area contributed by atoms with Crippen LogP contribution in [0.25, 0.3) is 0 Å². The van der Waals surface area contributed by atoms with Crippen LogP contribution in [0, 0.1) is 13.8 Å². The fraction of sp³-hybridized carbons (Fsp3) is 0.381. The number of guanidine groups is 1. The van der Waals surface area contributed by atoms with Crippen LogP contribution in [-0.2, 0) is 10.2 Å². The van der Waals surface area contributed by atoms with Gasteiger partial charge >= 0.3 is 0 Å². The minimum absolute atomic E-state index is 0. The number of nitrogens with two attached hydrogens (primary N) is 1. The first kappa shape index (κ1) is 20.7. The predicted octanol–water partition coefficient (Wildman–Crippen LogP) is 4.40. The Balaban J connectivity index is 0.00000243. The number of benzene rings is 2. The number of aryl methyl sites for hydroxylation is 2. The second kappa shape index (κ2) is 9.37. The number of nitrogens with one attached hydrogen (secondary N) is 1. The number of hydrogen-bond donors (Lipinski definition) is 2. The Bertz CT molecular complexity index is 740. The average molecular weight is 465 g/mol. The van der Waals surface area contributed by atoms with Gasteiger partial charge in [-0.25, -0.2) is 0 Å². The second-order valence-electron chi connectivity index (χ2n) is 6.88. The van der Waals surface area contributed by atoms with E-state index in [-0.39, 0.29) is 29.4 Å². The Morgan fingerprint density at radius 2 is 1.77 bits per heavy atom. The van der Waals surface area contributed by atoms with E-state index in [2.05, 4.69) is 66.6 Å². The van der Waals surface area contributed by atoms with Crippen molar-refractivity contribution in [3.8, 4) is 0 Å². The lowest BCUT2D eigenvalue weighted by Crippen LogP contribution is -2.38. The molecule has 0 unspecified atom stereocenters. The molecule has 0 amide bonds. The van der Waals surface area contributed by atoms with E-state index in [9.17, 15) is 0 Å². The first-order valence-electron chi connectivity index (χ1n) is 8.87. The van der Waals surface area contributed by atoms with Gasteiger partial charge in [0.15, 0.2) is 5.96 Å². The molecule has 140 valence electrons. The number of anilines is 1. The molecule has 0 bridgehead atoms. The van der Waals surface area contributed by atoms with Crippen LogP contribution in [0.4, 0.5) is 5.69 Å². The summed E-state index contributed by atoms with van der Waals surface area (Å²) in [7, 11) is 0. The molecule has 1 saturated heterocycles. The Morgan fingerprint density at radius 1 is 1.08 bits per heavy atom. The van der Waals surface area contributed by atoms with E-state index in [4.69, 9.17) is 10.5 Å². The van der Waals surface area contributed by atoms with Gasteiger partial charge < -0.3 is 15.8 Å². The van der Waals surface area contributed by atoms with Crippen molar-refractivity contribution in [2.75, 3.05) is 25.1 Å². The molecule has 26 heavy (non-hydrogen) atoms. The van der Waals surface area contributed by atoms with E-state index in [0.717, 1.165) is 31.7 Å². The zero-order valence-electron chi connectivity index (χ0n) is 15.5. The lowest BCUT2D eigenvalue weighted by Gasteiger charge is -2.36. The summed E-state index contributed by atoms with van der Waals surface area (Å²) in [6.07, 6.45) is 1.94. The smallest absolute Gasteiger partial charge is 0.193 e. The summed E-state index contributed by atoms with van der Waals surface area (Å²) in [4.78, 5) is 4.67. The molecule has 4 nitrogen and oxygen atoms in total. The lowest BCUT2D eigenvalue weighted by atomic mass is 9.74. The highest BCUT2D eigenvalue weighted by molar-refractivity contribution is 14.0. The maximum absolute atomic E-state index is 6.16. The van der Waals surface area contributed by atoms with Crippen LogP contribution in [0.3, 0.4) is 0 Å². The molecule has 1 aliphatic rings. The van der Waals surface area contributed by atoms with E-state index in [1.165, 1.54) is 16.7 Å². The molecule has 0 aliphatic carbocycles. The molecule has 3 rings (SSSR count). The van der Waals surface area contributed by atoms with Gasteiger partial charge in [0.1, 0.15) is 0 Å². The van der Waals surface area contributed by atoms with Crippen molar-refractivity contribution in [1.29, 1.82) is 0 Å². The highest BCUT2D eigenvalue weighted by Gasteiger charge is 2.34. The molecule has 1 aliphatic heterocycles. The fourth-order valence-electron chi connectivity index (χ4n) is 3.34. The summed E-state index contributed by atoms with van der Waals surface area (Å²) < 4.78 is 5.58. The van der Waals surface area contributed by atoms with Gasteiger partial charge in [-0.15, -0.1) is 24.0 Å². The summed E-state index contributed by atoms with van der Waals surface area (Å²) >= 11 is 0. The standard InChI is InChI=1S/C21H27N3O.HI/c1-16-8-9-19(14-17(16)2)24-20(22)23-15-21(10-12-25-13-11-21)18-6-4-3-5-7-18;/h3-9,14H,10-13,15H2,1-2H3,(H3,22,23,24);1H. The summed E-state index contributed by atoms with van der Waals surface area (Å²) in [6, 6.07) is 16.8. The number of nitrogens with zero attached hydrogens (tertiary/aromatic N) is 1. The van der Waals surface area contributed by atoms with Crippen molar-refractivity contribution in [2.45, 2.75) is 32.1 Å². The third-order valence-electron chi connectivity index (χ3n) is 5.17. The number of hydrogen-bond acceptors (Lipinski definition) is 2. The topological polar surface area (TPSA) is 59.6 Å². The third-order valence-corrected chi connectivity index (χ3v) is 5.17. The highest BCUT2D eigenvalue weighted by Crippen LogP contribution is 2.35. The van der Waals surface area contributed by atoms with Gasteiger partial charge in [-0.2, -0.15) is 0 Å². The van der Waals surface area contributed by atoms with E-state index in [1.807, 2.05) is 6.07 Å². The first-order chi connectivity index (χ1) is 12.1. The van der Waals surface area contributed by atoms with Gasteiger partial charge in [-0.05, 0) is 55.5 Å². The van der Waals surface area contributed by atoms with Gasteiger partial charge in [0.2, 0.25) is 0 Å². The number of ether oxygens (including phenoxy) is 1. The Hall–Kier alpha value is -1.60. The van der Waals surface area contributed by atoms with Crippen LogP contribution >= 0.6 is 24.0 Å². The zero-order chi connectivity index (χ0) is 17.7. The number of halogens is 1. The molecule has 2 aromatic carbocycles. The molecule has 1 fully saturated rings. The monoisotopic (exact) mass is 465 g/mol. The van der Waals surface area contributed by atoms with E-state index in [1.54, 1.807) is 0 Å². The number of rotatable bonds is 4. The van der Waals surface area contributed by atoms with Gasteiger partial charge in [-0.1, -0.05) is 36.4 Å². The molecule has 2 aromatic rings. The van der Waals surface area contributed by atoms with Crippen molar-refractivity contribution in [1.82, 2.24) is 0 Å². The van der Waals surface area contributed by atoms with Crippen LogP contribution in [0.5, 0.6) is 0 Å². The Labute approximate surface area is 173 Å². The molecule has 5 heteroatoms. The zero-order valence-corrected chi connectivity index (χ0v) is 17.8. The van der Waals surface area contributed by atoms with Crippen molar-refractivity contribution < 1.29 is 4.74 Å². The maximum atomic E-state index is 6.16. The minimum atomic E-state index is 0. The van der Waals surface area contributed by atoms with Gasteiger partial charge in [0, 0.05) is 24.3 Å². The highest BCUT2D eigenvalue weighted by atomic mass is 127. The van der Waals surface area contributed by atoms with Gasteiger partial charge in [-0.3, -0.25) is 4.99 Å². The predicted molar refractivity (Wildman–Crippen MR) is 120 cm³/mol. The van der Waals surface area contributed by atoms with Crippen molar-refractivity contribution >= 4 is 35.6 Å². The summed E-state index contributed by atoms with van der Waals surface area (Å²) in [5, 5.41) is 3.21. The molecule has 0 atom stereocenters. The SMILES string of the molecule is Cc1ccc(NC(N)=NCC2(c3ccccc3)CCOCC2)cc1C.I. The summed E-state index contributed by atoms with van der Waals surface area (Å²) in [5.41, 5.74) is 11.0. The average Bonchev–Trinajstić information content (AvgIpc) is 2.65. The molecule has 1 heterocycles. The van der Waals surface area contributed by atoms with Crippen molar-refractivity contribution in [2.24, 2.45) is 10.7 Å². The van der Waals surface area contributed by atoms with Crippen molar-refractivity contribution in [3.05, 3.63) is 65.2 Å². The third kappa shape index (κ3) is 4.98. The normalized spacial score (nSPS) is 16.6. The largest absolute Gasteiger partial charge is 0.381 e. The molecule has 0 radical (unpaired) electrons. The maximum Gasteiger partial charge on any atom is 0.193 e. The first-order valence-corrected chi connectivity index (χ1v) is 8.87. The van der Waals surface area contributed by atoms with Gasteiger partial charge in [0.05, 0.1) is 6.54 Å². The van der Waals surface area contributed by atoms with Crippen LogP contribution in [0.2, 0.25) is 0 Å². The Morgan fingerprint density at radius 3 is 2.42 bits per heavy atom. The molecule has 0 spiro atoms. The summed E-state index contributed by atoms with van der Waals surface area (Å²) in [5.74, 6) is 0.463. The molecule has 3 N–H and O–H groups in total. The molecular formula is C21H28IN3O. The quantitative estimate of drug-likeness (QED) is 0.400. The van der Waals surface area contributed by atoms with Crippen molar-refractivity contribution in [3.63, 3.8) is 0 Å². The van der Waals surface area contributed by atoms with Crippen LogP contribution < -0.4 is 11.1 Å². The molecule has 0 aromatic heterocycles. The fourth-order valence-corrected chi connectivity index (χ4v) is 3.34. The number of aliphatic imine (C=N–C) groups is 1. The Kier molecular flexibility index (Phi) is 7.46. The lowest BCUT2D eigenvalue weighted by molar-refractivity contribution is 0.0531.